The van der Waals surface area contributed by atoms with Crippen LogP contribution in [0.2, 0.25) is 0 Å². The summed E-state index contributed by atoms with van der Waals surface area (Å²) >= 11 is 0. The molecule has 0 spiro atoms. The molecule has 1 saturated heterocycles. The Kier molecular flexibility index (Phi) is 4.95. The van der Waals surface area contributed by atoms with Gasteiger partial charge in [0.25, 0.3) is 15.9 Å². The fourth-order valence-electron chi connectivity index (χ4n) is 2.56. The van der Waals surface area contributed by atoms with E-state index in [1.54, 1.807) is 12.4 Å². The Labute approximate surface area is 140 Å². The summed E-state index contributed by atoms with van der Waals surface area (Å²) in [4.78, 5) is 16.9. The average Bonchev–Trinajstić information content (AvgIpc) is 3.25. The number of hydrogen-bond acceptors (Lipinski definition) is 7. The fourth-order valence-corrected chi connectivity index (χ4v) is 3.72. The minimum atomic E-state index is -3.59. The lowest BCUT2D eigenvalue weighted by Crippen LogP contribution is -2.37. The van der Waals surface area contributed by atoms with Crippen molar-refractivity contribution in [1.29, 1.82) is 0 Å². The highest BCUT2D eigenvalue weighted by Crippen LogP contribution is 2.26. The van der Waals surface area contributed by atoms with Crippen LogP contribution < -0.4 is 14.4 Å². The van der Waals surface area contributed by atoms with E-state index in [4.69, 9.17) is 4.74 Å². The number of aromatic amines is 1. The second kappa shape index (κ2) is 7.14. The van der Waals surface area contributed by atoms with Crippen molar-refractivity contribution in [2.45, 2.75) is 30.8 Å². The van der Waals surface area contributed by atoms with E-state index in [1.807, 2.05) is 11.8 Å². The Morgan fingerprint density at radius 2 is 2.25 bits per heavy atom. The summed E-state index contributed by atoms with van der Waals surface area (Å²) in [6, 6.07) is -0.209. The Hall–Kier alpha value is -2.20. The van der Waals surface area contributed by atoms with Crippen molar-refractivity contribution in [1.82, 2.24) is 24.7 Å². The molecule has 2 N–H and O–H groups in total. The van der Waals surface area contributed by atoms with E-state index in [2.05, 4.69) is 24.7 Å². The van der Waals surface area contributed by atoms with Crippen LogP contribution in [0.25, 0.3) is 0 Å². The SMILES string of the molecule is CCCOc1nccnc1N1CC[C@H](NS(=O)(=O)c2cnc[nH]2)C1. The zero-order valence-corrected chi connectivity index (χ0v) is 14.2. The second-order valence-electron chi connectivity index (χ2n) is 5.50. The number of H-pyrrole nitrogens is 1. The normalized spacial score (nSPS) is 18.0. The molecule has 2 aromatic heterocycles. The average molecular weight is 352 g/mol. The smallest absolute Gasteiger partial charge is 0.257 e. The molecule has 24 heavy (non-hydrogen) atoms. The lowest BCUT2D eigenvalue weighted by Gasteiger charge is -2.19. The molecule has 3 rings (SSSR count). The number of sulfonamides is 1. The van der Waals surface area contributed by atoms with Crippen molar-refractivity contribution in [3.05, 3.63) is 24.9 Å². The molecule has 9 nitrogen and oxygen atoms in total. The monoisotopic (exact) mass is 352 g/mol. The van der Waals surface area contributed by atoms with Crippen molar-refractivity contribution in [2.24, 2.45) is 0 Å². The highest BCUT2D eigenvalue weighted by atomic mass is 32.2. The molecule has 10 heteroatoms. The first-order valence-corrected chi connectivity index (χ1v) is 9.28. The zero-order chi connectivity index (χ0) is 17.0. The van der Waals surface area contributed by atoms with Crippen LogP contribution in [0.15, 0.2) is 29.9 Å². The van der Waals surface area contributed by atoms with Gasteiger partial charge in [-0.3, -0.25) is 0 Å². The van der Waals surface area contributed by atoms with E-state index in [0.29, 0.717) is 37.8 Å². The predicted molar refractivity (Wildman–Crippen MR) is 87.3 cm³/mol. The number of imidazole rings is 1. The largest absolute Gasteiger partial charge is 0.475 e. The Balaban J connectivity index is 1.68. The van der Waals surface area contributed by atoms with Gasteiger partial charge in [-0.15, -0.1) is 0 Å². The summed E-state index contributed by atoms with van der Waals surface area (Å²) in [6.45, 7) is 3.77. The standard InChI is InChI=1S/C14H20N6O3S/c1-2-7-23-14-13(16-4-5-17-14)20-6-3-11(9-20)19-24(21,22)12-8-15-10-18-12/h4-5,8,10-11,19H,2-3,6-7,9H2,1H3,(H,15,18)/t11-/m0/s1. The second-order valence-corrected chi connectivity index (χ2v) is 7.18. The minimum Gasteiger partial charge on any atom is -0.475 e. The summed E-state index contributed by atoms with van der Waals surface area (Å²) in [6.07, 6.45) is 7.37. The highest BCUT2D eigenvalue weighted by Gasteiger charge is 2.30. The van der Waals surface area contributed by atoms with Gasteiger partial charge in [-0.2, -0.15) is 0 Å². The summed E-state index contributed by atoms with van der Waals surface area (Å²) in [5.74, 6) is 1.13. The van der Waals surface area contributed by atoms with E-state index in [-0.39, 0.29) is 11.1 Å². The first-order valence-electron chi connectivity index (χ1n) is 7.79. The number of aromatic nitrogens is 4. The summed E-state index contributed by atoms with van der Waals surface area (Å²) in [5, 5.41) is 0.0624. The van der Waals surface area contributed by atoms with Gasteiger partial charge < -0.3 is 14.6 Å². The molecule has 0 unspecified atom stereocenters. The molecule has 0 aromatic carbocycles. The highest BCUT2D eigenvalue weighted by molar-refractivity contribution is 7.89. The molecule has 1 aliphatic heterocycles. The first kappa shape index (κ1) is 16.7. The molecule has 2 aromatic rings. The minimum absolute atomic E-state index is 0.0624. The Morgan fingerprint density at radius 1 is 1.42 bits per heavy atom. The summed E-state index contributed by atoms with van der Waals surface area (Å²) in [5.41, 5.74) is 0. The maximum Gasteiger partial charge on any atom is 0.257 e. The van der Waals surface area contributed by atoms with Gasteiger partial charge in [0, 0.05) is 31.5 Å². The van der Waals surface area contributed by atoms with E-state index < -0.39 is 10.0 Å². The third-order valence-corrected chi connectivity index (χ3v) is 5.11. The number of nitrogens with one attached hydrogen (secondary N) is 2. The van der Waals surface area contributed by atoms with Crippen LogP contribution in [0.5, 0.6) is 5.88 Å². The van der Waals surface area contributed by atoms with E-state index in [0.717, 1.165) is 6.42 Å². The van der Waals surface area contributed by atoms with Gasteiger partial charge in [0.1, 0.15) is 0 Å². The number of rotatable bonds is 7. The van der Waals surface area contributed by atoms with Gasteiger partial charge in [-0.25, -0.2) is 28.1 Å². The number of anilines is 1. The first-order chi connectivity index (χ1) is 11.6. The zero-order valence-electron chi connectivity index (χ0n) is 13.3. The third-order valence-electron chi connectivity index (χ3n) is 3.66. The van der Waals surface area contributed by atoms with Crippen LogP contribution in [0, 0.1) is 0 Å². The quantitative estimate of drug-likeness (QED) is 0.748. The van der Waals surface area contributed by atoms with Gasteiger partial charge >= 0.3 is 0 Å². The molecule has 1 aliphatic rings. The van der Waals surface area contributed by atoms with Crippen molar-refractivity contribution < 1.29 is 13.2 Å². The molecule has 0 aliphatic carbocycles. The van der Waals surface area contributed by atoms with E-state index >= 15 is 0 Å². The van der Waals surface area contributed by atoms with Gasteiger partial charge in [0.05, 0.1) is 19.1 Å². The lowest BCUT2D eigenvalue weighted by atomic mass is 10.3. The molecule has 1 atom stereocenters. The molecule has 0 radical (unpaired) electrons. The van der Waals surface area contributed by atoms with Crippen LogP contribution in [-0.2, 0) is 10.0 Å². The van der Waals surface area contributed by atoms with Crippen LogP contribution >= 0.6 is 0 Å². The molecule has 3 heterocycles. The Bertz CT molecular complexity index is 765. The molecule has 0 amide bonds. The van der Waals surface area contributed by atoms with Gasteiger partial charge in [0.2, 0.25) is 0 Å². The summed E-state index contributed by atoms with van der Waals surface area (Å²) < 4.78 is 32.8. The van der Waals surface area contributed by atoms with Crippen LogP contribution in [0.1, 0.15) is 19.8 Å². The fraction of sp³-hybridized carbons (Fsp3) is 0.500. The van der Waals surface area contributed by atoms with Crippen molar-refractivity contribution >= 4 is 15.8 Å². The maximum atomic E-state index is 12.2. The van der Waals surface area contributed by atoms with Crippen LogP contribution in [0.3, 0.4) is 0 Å². The van der Waals surface area contributed by atoms with Gasteiger partial charge in [-0.05, 0) is 12.8 Å². The molecular formula is C14H20N6O3S. The third kappa shape index (κ3) is 3.65. The topological polar surface area (TPSA) is 113 Å². The van der Waals surface area contributed by atoms with Gasteiger partial charge in [0.15, 0.2) is 10.8 Å². The number of ether oxygens (including phenoxy) is 1. The lowest BCUT2D eigenvalue weighted by molar-refractivity contribution is 0.304. The van der Waals surface area contributed by atoms with E-state index in [1.165, 1.54) is 12.5 Å². The maximum absolute atomic E-state index is 12.2. The molecule has 1 fully saturated rings. The summed E-state index contributed by atoms with van der Waals surface area (Å²) in [7, 11) is -3.59. The van der Waals surface area contributed by atoms with Gasteiger partial charge in [-0.1, -0.05) is 6.92 Å². The van der Waals surface area contributed by atoms with Crippen LogP contribution in [0.4, 0.5) is 5.82 Å². The van der Waals surface area contributed by atoms with E-state index in [9.17, 15) is 8.42 Å². The van der Waals surface area contributed by atoms with Crippen LogP contribution in [-0.4, -0.2) is 54.1 Å². The molecule has 130 valence electrons. The molecule has 0 saturated carbocycles. The predicted octanol–water partition coefficient (Wildman–Crippen LogP) is 0.546. The Morgan fingerprint density at radius 3 is 3.00 bits per heavy atom. The van der Waals surface area contributed by atoms with Crippen molar-refractivity contribution in [3.8, 4) is 5.88 Å². The van der Waals surface area contributed by atoms with Crippen molar-refractivity contribution in [3.63, 3.8) is 0 Å². The molecule has 0 bridgehead atoms. The number of nitrogens with zero attached hydrogens (tertiary/aromatic N) is 4. The van der Waals surface area contributed by atoms with Crippen molar-refractivity contribution in [2.75, 3.05) is 24.6 Å². The number of hydrogen-bond donors (Lipinski definition) is 2. The molecular weight excluding hydrogens is 332 g/mol.